The van der Waals surface area contributed by atoms with Crippen LogP contribution < -0.4 is 32.3 Å². The summed E-state index contributed by atoms with van der Waals surface area (Å²) >= 11 is 0. The molecule has 0 rings (SSSR count). The Bertz CT molecular complexity index is 728. The predicted octanol–water partition coefficient (Wildman–Crippen LogP) is -4.09. The Labute approximate surface area is 185 Å². The van der Waals surface area contributed by atoms with Crippen LogP contribution in [0, 0.1) is 0 Å². The van der Waals surface area contributed by atoms with Gasteiger partial charge in [0.1, 0.15) is 30.2 Å². The van der Waals surface area contributed by atoms with Gasteiger partial charge >= 0.3 is 5.97 Å². The zero-order chi connectivity index (χ0) is 25.2. The third-order valence-corrected chi connectivity index (χ3v) is 4.21. The maximum absolute atomic E-state index is 12.3. The average molecular weight is 460 g/mol. The minimum absolute atomic E-state index is 0.584. The predicted molar refractivity (Wildman–Crippen MR) is 111 cm³/mol. The van der Waals surface area contributed by atoms with Gasteiger partial charge in [-0.2, -0.15) is 0 Å². The molecule has 0 aromatic rings. The molecule has 0 bridgehead atoms. The number of nitrogens with two attached hydrogens (primary N) is 1. The molecule has 0 spiro atoms. The van der Waals surface area contributed by atoms with Crippen molar-refractivity contribution >= 4 is 35.5 Å². The minimum atomic E-state index is -1.41. The molecule has 0 radical (unpaired) electrons. The lowest BCUT2D eigenvalue weighted by Gasteiger charge is -2.23. The molecule has 182 valence electrons. The van der Waals surface area contributed by atoms with Crippen molar-refractivity contribution in [3.05, 3.63) is 0 Å². The van der Waals surface area contributed by atoms with Gasteiger partial charge in [-0.1, -0.05) is 0 Å². The number of carboxylic acids is 1. The largest absolute Gasteiger partial charge is 0.480 e. The fourth-order valence-electron chi connectivity index (χ4n) is 2.08. The molecule has 0 aromatic carbocycles. The molecule has 32 heavy (non-hydrogen) atoms. The van der Waals surface area contributed by atoms with E-state index in [1.165, 1.54) is 34.6 Å². The molecule has 0 heterocycles. The lowest BCUT2D eigenvalue weighted by Crippen LogP contribution is -2.58. The van der Waals surface area contributed by atoms with Crippen LogP contribution in [0.1, 0.15) is 34.6 Å². The van der Waals surface area contributed by atoms with E-state index in [9.17, 15) is 33.9 Å². The van der Waals surface area contributed by atoms with Gasteiger partial charge in [-0.3, -0.25) is 28.8 Å². The number of hydrogen-bond donors (Lipinski definition) is 8. The van der Waals surface area contributed by atoms with Crippen molar-refractivity contribution in [2.24, 2.45) is 5.73 Å². The van der Waals surface area contributed by atoms with Crippen molar-refractivity contribution in [3.63, 3.8) is 0 Å². The van der Waals surface area contributed by atoms with Crippen molar-refractivity contribution in [1.82, 2.24) is 26.6 Å². The van der Waals surface area contributed by atoms with Gasteiger partial charge in [0.15, 0.2) is 0 Å². The molecular formula is C18H32N6O8. The highest BCUT2D eigenvalue weighted by Gasteiger charge is 2.28. The summed E-state index contributed by atoms with van der Waals surface area (Å²) in [6.07, 6.45) is 0. The molecule has 0 unspecified atom stereocenters. The second kappa shape index (κ2) is 13.2. The van der Waals surface area contributed by atoms with Gasteiger partial charge in [-0.05, 0) is 34.6 Å². The number of carbonyl (C=O) groups is 6. The molecular weight excluding hydrogens is 428 g/mol. The maximum atomic E-state index is 12.3. The van der Waals surface area contributed by atoms with E-state index in [4.69, 9.17) is 10.8 Å². The quantitative estimate of drug-likeness (QED) is 0.141. The van der Waals surface area contributed by atoms with E-state index in [1.807, 2.05) is 0 Å². The van der Waals surface area contributed by atoms with E-state index in [0.717, 1.165) is 0 Å². The number of carboxylic acid groups (broad SMARTS) is 1. The molecule has 0 fully saturated rings. The molecule has 14 heteroatoms. The SMILES string of the molecule is C[C@H](N)C(=O)N[C@@H](C)C(=O)N[C@@H](CO)C(=O)N[C@@H](C)C(=O)N[C@@H](C)C(=O)N[C@@H](C)C(=O)O. The van der Waals surface area contributed by atoms with Gasteiger partial charge in [0.25, 0.3) is 0 Å². The molecule has 0 aliphatic heterocycles. The molecule has 0 aliphatic rings. The Morgan fingerprint density at radius 3 is 1.34 bits per heavy atom. The smallest absolute Gasteiger partial charge is 0.325 e. The summed E-state index contributed by atoms with van der Waals surface area (Å²) in [5.41, 5.74) is 5.40. The van der Waals surface area contributed by atoms with Crippen LogP contribution in [0.5, 0.6) is 0 Å². The topological polar surface area (TPSA) is 229 Å². The monoisotopic (exact) mass is 460 g/mol. The summed E-state index contributed by atoms with van der Waals surface area (Å²) in [6, 6.07) is -6.71. The second-order valence-corrected chi connectivity index (χ2v) is 7.29. The number of aliphatic hydroxyl groups excluding tert-OH is 1. The van der Waals surface area contributed by atoms with Crippen LogP contribution in [-0.4, -0.2) is 88.6 Å². The highest BCUT2D eigenvalue weighted by atomic mass is 16.4. The van der Waals surface area contributed by atoms with Gasteiger partial charge < -0.3 is 42.5 Å². The van der Waals surface area contributed by atoms with Crippen LogP contribution >= 0.6 is 0 Å². The van der Waals surface area contributed by atoms with Gasteiger partial charge in [0, 0.05) is 0 Å². The van der Waals surface area contributed by atoms with E-state index in [-0.39, 0.29) is 0 Å². The highest BCUT2D eigenvalue weighted by molar-refractivity contribution is 5.95. The summed E-state index contributed by atoms with van der Waals surface area (Å²) in [4.78, 5) is 70.9. The van der Waals surface area contributed by atoms with Gasteiger partial charge in [-0.25, -0.2) is 0 Å². The van der Waals surface area contributed by atoms with Gasteiger partial charge in [0.05, 0.1) is 12.6 Å². The van der Waals surface area contributed by atoms with Crippen molar-refractivity contribution in [1.29, 1.82) is 0 Å². The third kappa shape index (κ3) is 9.70. The van der Waals surface area contributed by atoms with Crippen LogP contribution in [-0.2, 0) is 28.8 Å². The zero-order valence-corrected chi connectivity index (χ0v) is 18.6. The molecule has 0 saturated carbocycles. The van der Waals surface area contributed by atoms with Crippen molar-refractivity contribution in [3.8, 4) is 0 Å². The number of carbonyl (C=O) groups excluding carboxylic acids is 5. The molecule has 9 N–H and O–H groups in total. The number of rotatable bonds is 12. The fraction of sp³-hybridized carbons (Fsp3) is 0.667. The first-order valence-corrected chi connectivity index (χ1v) is 9.82. The van der Waals surface area contributed by atoms with Crippen LogP contribution in [0.3, 0.4) is 0 Å². The Morgan fingerprint density at radius 1 is 0.625 bits per heavy atom. The van der Waals surface area contributed by atoms with Crippen LogP contribution in [0.4, 0.5) is 0 Å². The summed E-state index contributed by atoms with van der Waals surface area (Å²) in [5.74, 6) is -4.98. The standard InChI is InChI=1S/C18H32N6O8/c1-7(19)13(26)20-10(4)16(29)24-12(6-25)17(30)22-9(3)14(27)21-8(2)15(28)23-11(5)18(31)32/h7-12,25H,6,19H2,1-5H3,(H,20,26)(H,21,27)(H,22,30)(H,23,28)(H,24,29)(H,31,32)/t7-,8-,9-,10-,11-,12-/m0/s1. The number of aliphatic hydroxyl groups is 1. The Hall–Kier alpha value is -3.26. The maximum Gasteiger partial charge on any atom is 0.325 e. The molecule has 0 aromatic heterocycles. The van der Waals surface area contributed by atoms with E-state index < -0.39 is 78.4 Å². The fourth-order valence-corrected chi connectivity index (χ4v) is 2.08. The number of amides is 5. The summed E-state index contributed by atoms with van der Waals surface area (Å²) < 4.78 is 0. The number of nitrogens with one attached hydrogen (secondary N) is 5. The van der Waals surface area contributed by atoms with E-state index in [0.29, 0.717) is 0 Å². The molecule has 0 aliphatic carbocycles. The Morgan fingerprint density at radius 2 is 0.969 bits per heavy atom. The average Bonchev–Trinajstić information content (AvgIpc) is 2.70. The molecule has 6 atom stereocenters. The summed E-state index contributed by atoms with van der Waals surface area (Å²) in [7, 11) is 0. The first-order chi connectivity index (χ1) is 14.7. The Balaban J connectivity index is 4.79. The lowest BCUT2D eigenvalue weighted by atomic mass is 10.2. The lowest BCUT2D eigenvalue weighted by molar-refractivity contribution is -0.141. The summed E-state index contributed by atoms with van der Waals surface area (Å²) in [6.45, 7) is 5.88. The third-order valence-electron chi connectivity index (χ3n) is 4.21. The zero-order valence-electron chi connectivity index (χ0n) is 18.6. The van der Waals surface area contributed by atoms with Crippen LogP contribution in [0.15, 0.2) is 0 Å². The summed E-state index contributed by atoms with van der Waals surface area (Å²) in [5, 5.41) is 29.5. The molecule has 14 nitrogen and oxygen atoms in total. The van der Waals surface area contributed by atoms with E-state index in [2.05, 4.69) is 26.6 Å². The molecule has 5 amide bonds. The van der Waals surface area contributed by atoms with Crippen LogP contribution in [0.2, 0.25) is 0 Å². The van der Waals surface area contributed by atoms with Crippen molar-refractivity contribution < 1.29 is 39.0 Å². The first kappa shape index (κ1) is 28.7. The van der Waals surface area contributed by atoms with Crippen molar-refractivity contribution in [2.75, 3.05) is 6.61 Å². The normalized spacial score (nSPS) is 16.2. The number of hydrogen-bond acceptors (Lipinski definition) is 8. The number of aliphatic carboxylic acids is 1. The van der Waals surface area contributed by atoms with Crippen LogP contribution in [0.25, 0.3) is 0 Å². The van der Waals surface area contributed by atoms with Gasteiger partial charge in [-0.15, -0.1) is 0 Å². The molecule has 0 saturated heterocycles. The van der Waals surface area contributed by atoms with Gasteiger partial charge in [0.2, 0.25) is 29.5 Å². The second-order valence-electron chi connectivity index (χ2n) is 7.29. The van der Waals surface area contributed by atoms with E-state index in [1.54, 1.807) is 0 Å². The van der Waals surface area contributed by atoms with E-state index >= 15 is 0 Å². The Kier molecular flexibility index (Phi) is 11.9. The van der Waals surface area contributed by atoms with Crippen molar-refractivity contribution in [2.45, 2.75) is 70.9 Å². The first-order valence-electron chi connectivity index (χ1n) is 9.82. The minimum Gasteiger partial charge on any atom is -0.480 e. The highest BCUT2D eigenvalue weighted by Crippen LogP contribution is 1.94.